The molecule has 0 spiro atoms. The van der Waals surface area contributed by atoms with Gasteiger partial charge in [-0.25, -0.2) is 0 Å². The molecule has 1 saturated heterocycles. The van der Waals surface area contributed by atoms with Gasteiger partial charge in [0.05, 0.1) is 6.10 Å². The van der Waals surface area contributed by atoms with Gasteiger partial charge in [0.2, 0.25) is 0 Å². The molecule has 1 aromatic heterocycles. The van der Waals surface area contributed by atoms with Crippen LogP contribution in [0.25, 0.3) is 0 Å². The number of rotatable bonds is 4. The molecule has 2 atom stereocenters. The summed E-state index contributed by atoms with van der Waals surface area (Å²) in [6.07, 6.45) is 3.63. The van der Waals surface area contributed by atoms with Crippen molar-refractivity contribution >= 4 is 11.8 Å². The third kappa shape index (κ3) is 3.54. The van der Waals surface area contributed by atoms with E-state index in [1.54, 1.807) is 27.2 Å². The third-order valence-electron chi connectivity index (χ3n) is 3.69. The summed E-state index contributed by atoms with van der Waals surface area (Å²) in [5.74, 6) is -0.500. The zero-order valence-corrected chi connectivity index (χ0v) is 13.0. The van der Waals surface area contributed by atoms with Crippen LogP contribution in [0.5, 0.6) is 0 Å². The minimum Gasteiger partial charge on any atom is -0.366 e. The summed E-state index contributed by atoms with van der Waals surface area (Å²) in [5.41, 5.74) is 0.282. The van der Waals surface area contributed by atoms with E-state index < -0.39 is 12.0 Å². The Hall–Kier alpha value is -2.15. The monoisotopic (exact) mass is 307 g/mol. The number of pyridine rings is 1. The van der Waals surface area contributed by atoms with Crippen molar-refractivity contribution in [2.45, 2.75) is 32.0 Å². The van der Waals surface area contributed by atoms with E-state index in [9.17, 15) is 14.4 Å². The molecule has 22 heavy (non-hydrogen) atoms. The van der Waals surface area contributed by atoms with Gasteiger partial charge in [-0.1, -0.05) is 0 Å². The molecule has 2 unspecified atom stereocenters. The van der Waals surface area contributed by atoms with E-state index in [2.05, 4.69) is 10.3 Å². The number of hydrogen-bond acceptors (Lipinski definition) is 4. The summed E-state index contributed by atoms with van der Waals surface area (Å²) in [6, 6.07) is 0. The SMILES string of the molecule is Cc1c[nH]cc(C(=O)NCC2CCC(C(=O)N(C)C)O2)c1=O. The van der Waals surface area contributed by atoms with Crippen molar-refractivity contribution in [3.8, 4) is 0 Å². The fourth-order valence-electron chi connectivity index (χ4n) is 2.39. The third-order valence-corrected chi connectivity index (χ3v) is 3.69. The fraction of sp³-hybridized carbons (Fsp3) is 0.533. The first-order chi connectivity index (χ1) is 10.4. The molecule has 2 N–H and O–H groups in total. The van der Waals surface area contributed by atoms with Gasteiger partial charge in [0.15, 0.2) is 5.43 Å². The van der Waals surface area contributed by atoms with Crippen molar-refractivity contribution in [3.63, 3.8) is 0 Å². The van der Waals surface area contributed by atoms with E-state index in [0.717, 1.165) is 0 Å². The maximum atomic E-state index is 12.0. The number of ether oxygens (including phenoxy) is 1. The Bertz CT molecular complexity index is 623. The highest BCUT2D eigenvalue weighted by molar-refractivity contribution is 5.93. The Kier molecular flexibility index (Phi) is 4.97. The normalized spacial score (nSPS) is 20.7. The Morgan fingerprint density at radius 1 is 1.36 bits per heavy atom. The van der Waals surface area contributed by atoms with Gasteiger partial charge in [0.25, 0.3) is 11.8 Å². The van der Waals surface area contributed by atoms with Crippen molar-refractivity contribution < 1.29 is 14.3 Å². The fourth-order valence-corrected chi connectivity index (χ4v) is 2.39. The summed E-state index contributed by atoms with van der Waals surface area (Å²) >= 11 is 0. The largest absolute Gasteiger partial charge is 0.366 e. The smallest absolute Gasteiger partial charge is 0.256 e. The van der Waals surface area contributed by atoms with Crippen molar-refractivity contribution in [3.05, 3.63) is 33.7 Å². The predicted molar refractivity (Wildman–Crippen MR) is 80.7 cm³/mol. The molecule has 7 heteroatoms. The molecule has 2 amide bonds. The number of hydrogen-bond donors (Lipinski definition) is 2. The molecule has 120 valence electrons. The summed E-state index contributed by atoms with van der Waals surface area (Å²) in [6.45, 7) is 1.93. The zero-order valence-electron chi connectivity index (χ0n) is 13.0. The molecule has 1 aliphatic heterocycles. The molecule has 1 aliphatic rings. The van der Waals surface area contributed by atoms with Crippen LogP contribution in [0.15, 0.2) is 17.2 Å². The lowest BCUT2D eigenvalue weighted by molar-refractivity contribution is -0.140. The van der Waals surface area contributed by atoms with E-state index in [0.29, 0.717) is 18.4 Å². The number of nitrogens with one attached hydrogen (secondary N) is 2. The lowest BCUT2D eigenvalue weighted by Crippen LogP contribution is -2.37. The molecular formula is C15H21N3O4. The van der Waals surface area contributed by atoms with Gasteiger partial charge >= 0.3 is 0 Å². The highest BCUT2D eigenvalue weighted by Crippen LogP contribution is 2.20. The van der Waals surface area contributed by atoms with Crippen molar-refractivity contribution in [2.75, 3.05) is 20.6 Å². The van der Waals surface area contributed by atoms with E-state index in [-0.39, 0.29) is 29.5 Å². The molecule has 2 heterocycles. The second kappa shape index (κ2) is 6.74. The van der Waals surface area contributed by atoms with E-state index in [1.165, 1.54) is 11.1 Å². The van der Waals surface area contributed by atoms with Gasteiger partial charge in [-0.3, -0.25) is 14.4 Å². The average Bonchev–Trinajstić information content (AvgIpc) is 2.95. The topological polar surface area (TPSA) is 91.5 Å². The number of amides is 2. The number of aromatic nitrogens is 1. The van der Waals surface area contributed by atoms with Crippen LogP contribution in [-0.4, -0.2) is 54.5 Å². The molecule has 0 radical (unpaired) electrons. The van der Waals surface area contributed by atoms with E-state index >= 15 is 0 Å². The first-order valence-corrected chi connectivity index (χ1v) is 7.22. The molecule has 1 fully saturated rings. The van der Waals surface area contributed by atoms with Gasteiger partial charge in [-0.2, -0.15) is 0 Å². The summed E-state index contributed by atoms with van der Waals surface area (Å²) in [7, 11) is 3.37. The quantitative estimate of drug-likeness (QED) is 0.822. The molecule has 0 aromatic carbocycles. The first-order valence-electron chi connectivity index (χ1n) is 7.22. The summed E-state index contributed by atoms with van der Waals surface area (Å²) < 4.78 is 5.63. The van der Waals surface area contributed by atoms with Crippen LogP contribution in [0.2, 0.25) is 0 Å². The van der Waals surface area contributed by atoms with Crippen LogP contribution >= 0.6 is 0 Å². The van der Waals surface area contributed by atoms with Crippen LogP contribution in [0.4, 0.5) is 0 Å². The van der Waals surface area contributed by atoms with E-state index in [4.69, 9.17) is 4.74 Å². The number of likely N-dealkylation sites (N-methyl/N-ethyl adjacent to an activating group) is 1. The molecule has 1 aromatic rings. The molecule has 0 aliphatic carbocycles. The Morgan fingerprint density at radius 2 is 2.09 bits per heavy atom. The minimum atomic E-state index is -0.445. The molecule has 0 saturated carbocycles. The maximum absolute atomic E-state index is 12.0. The van der Waals surface area contributed by atoms with Gasteiger partial charge in [-0.15, -0.1) is 0 Å². The lowest BCUT2D eigenvalue weighted by atomic mass is 10.1. The number of aryl methyl sites for hydroxylation is 1. The minimum absolute atomic E-state index is 0.0658. The van der Waals surface area contributed by atoms with Gasteiger partial charge in [0.1, 0.15) is 11.7 Å². The van der Waals surface area contributed by atoms with Gasteiger partial charge < -0.3 is 19.9 Å². The second-order valence-corrected chi connectivity index (χ2v) is 5.65. The lowest BCUT2D eigenvalue weighted by Gasteiger charge is -2.17. The van der Waals surface area contributed by atoms with Gasteiger partial charge in [-0.05, 0) is 19.8 Å². The zero-order chi connectivity index (χ0) is 16.3. The highest BCUT2D eigenvalue weighted by Gasteiger charge is 2.31. The van der Waals surface area contributed by atoms with Gasteiger partial charge in [0, 0.05) is 38.6 Å². The van der Waals surface area contributed by atoms with Crippen LogP contribution in [-0.2, 0) is 9.53 Å². The standard InChI is InChI=1S/C15H21N3O4/c1-9-6-16-8-11(13(9)19)14(20)17-7-10-4-5-12(22-10)15(21)18(2)3/h6,8,10,12H,4-5,7H2,1-3H3,(H,16,19)(H,17,20). The number of carbonyl (C=O) groups excluding carboxylic acids is 2. The van der Waals surface area contributed by atoms with Crippen LogP contribution in [0.1, 0.15) is 28.8 Å². The van der Waals surface area contributed by atoms with Crippen LogP contribution < -0.4 is 10.7 Å². The Morgan fingerprint density at radius 3 is 2.77 bits per heavy atom. The molecule has 0 bridgehead atoms. The predicted octanol–water partition coefficient (Wildman–Crippen LogP) is 0.0489. The molecular weight excluding hydrogens is 286 g/mol. The molecule has 2 rings (SSSR count). The summed E-state index contributed by atoms with van der Waals surface area (Å²) in [5, 5.41) is 2.69. The summed E-state index contributed by atoms with van der Waals surface area (Å²) in [4.78, 5) is 40.0. The van der Waals surface area contributed by atoms with E-state index in [1.807, 2.05) is 0 Å². The number of carbonyl (C=O) groups is 2. The Balaban J connectivity index is 1.89. The average molecular weight is 307 g/mol. The number of nitrogens with zero attached hydrogens (tertiary/aromatic N) is 1. The maximum Gasteiger partial charge on any atom is 0.256 e. The van der Waals surface area contributed by atoms with Crippen molar-refractivity contribution in [2.24, 2.45) is 0 Å². The van der Waals surface area contributed by atoms with Crippen molar-refractivity contribution in [1.29, 1.82) is 0 Å². The van der Waals surface area contributed by atoms with Crippen LogP contribution in [0.3, 0.4) is 0 Å². The highest BCUT2D eigenvalue weighted by atomic mass is 16.5. The Labute approximate surface area is 128 Å². The first kappa shape index (κ1) is 16.2. The number of aromatic amines is 1. The second-order valence-electron chi connectivity index (χ2n) is 5.65. The van der Waals surface area contributed by atoms with Crippen molar-refractivity contribution in [1.82, 2.24) is 15.2 Å². The molecule has 7 nitrogen and oxygen atoms in total. The van der Waals surface area contributed by atoms with Crippen LogP contribution in [0, 0.1) is 6.92 Å². The number of H-pyrrole nitrogens is 1.